The molecule has 0 spiro atoms. The Morgan fingerprint density at radius 2 is 1.90 bits per heavy atom. The summed E-state index contributed by atoms with van der Waals surface area (Å²) in [6.07, 6.45) is 4.01. The number of hydrogen-bond donors (Lipinski definition) is 0. The molecule has 1 aliphatic rings. The standard InChI is InChI=1S/C32H40N6O2/c1-7-38-23(4)25(18-33-38)19-37(6)32(39)28-17-31(35-29-12-8-21(2)16-27(28)29)30-13-10-24(22(3)34-30)9-11-26-20-36(5)14-15-40-26/h8,10,12-13,16-18,26H,7,9,11,14-15,19-20H2,1-6H3. The molecule has 1 unspecified atom stereocenters. The lowest BCUT2D eigenvalue weighted by Crippen LogP contribution is -2.40. The zero-order valence-electron chi connectivity index (χ0n) is 24.6. The van der Waals surface area contributed by atoms with E-state index in [1.807, 2.05) is 62.1 Å². The summed E-state index contributed by atoms with van der Waals surface area (Å²) in [5.74, 6) is -0.0475. The van der Waals surface area contributed by atoms with E-state index in [-0.39, 0.29) is 12.0 Å². The lowest BCUT2D eigenvalue weighted by Gasteiger charge is -2.30. The number of carbonyl (C=O) groups is 1. The zero-order chi connectivity index (χ0) is 28.4. The molecule has 5 rings (SSSR count). The number of ether oxygens (including phenoxy) is 1. The van der Waals surface area contributed by atoms with Crippen molar-refractivity contribution in [2.24, 2.45) is 0 Å². The number of likely N-dealkylation sites (N-methyl/N-ethyl adjacent to an activating group) is 1. The molecule has 8 heteroatoms. The van der Waals surface area contributed by atoms with Crippen molar-refractivity contribution < 1.29 is 9.53 Å². The number of carbonyl (C=O) groups excluding carboxylic acids is 1. The van der Waals surface area contributed by atoms with Crippen molar-refractivity contribution in [3.05, 3.63) is 76.2 Å². The van der Waals surface area contributed by atoms with E-state index >= 15 is 0 Å². The van der Waals surface area contributed by atoms with Crippen molar-refractivity contribution >= 4 is 16.8 Å². The molecule has 1 aliphatic heterocycles. The van der Waals surface area contributed by atoms with Crippen molar-refractivity contribution in [1.29, 1.82) is 0 Å². The number of rotatable bonds is 8. The first-order chi connectivity index (χ1) is 19.2. The molecule has 1 amide bonds. The third kappa shape index (κ3) is 5.93. The molecule has 40 heavy (non-hydrogen) atoms. The van der Waals surface area contributed by atoms with Crippen LogP contribution in [0.3, 0.4) is 0 Å². The number of hydrogen-bond acceptors (Lipinski definition) is 6. The van der Waals surface area contributed by atoms with Crippen LogP contribution in [0.1, 0.15) is 51.8 Å². The van der Waals surface area contributed by atoms with Crippen molar-refractivity contribution in [1.82, 2.24) is 29.5 Å². The summed E-state index contributed by atoms with van der Waals surface area (Å²) in [5.41, 5.74) is 8.32. The topological polar surface area (TPSA) is 76.4 Å². The van der Waals surface area contributed by atoms with Crippen molar-refractivity contribution in [3.8, 4) is 11.4 Å². The maximum Gasteiger partial charge on any atom is 0.254 e. The van der Waals surface area contributed by atoms with Gasteiger partial charge in [-0.05, 0) is 77.4 Å². The van der Waals surface area contributed by atoms with Gasteiger partial charge in [0.05, 0.1) is 41.4 Å². The summed E-state index contributed by atoms with van der Waals surface area (Å²) in [6, 6.07) is 12.1. The fourth-order valence-corrected chi connectivity index (χ4v) is 5.49. The number of pyridine rings is 2. The average molecular weight is 541 g/mol. The molecule has 3 aromatic heterocycles. The average Bonchev–Trinajstić information content (AvgIpc) is 3.30. The minimum atomic E-state index is -0.0475. The predicted molar refractivity (Wildman–Crippen MR) is 158 cm³/mol. The van der Waals surface area contributed by atoms with E-state index in [4.69, 9.17) is 14.7 Å². The molecule has 4 heterocycles. The summed E-state index contributed by atoms with van der Waals surface area (Å²) in [7, 11) is 3.99. The number of amides is 1. The molecule has 1 aromatic carbocycles. The van der Waals surface area contributed by atoms with E-state index in [1.165, 1.54) is 5.56 Å². The Balaban J connectivity index is 1.42. The van der Waals surface area contributed by atoms with E-state index in [0.29, 0.717) is 17.8 Å². The van der Waals surface area contributed by atoms with Crippen molar-refractivity contribution in [2.75, 3.05) is 33.8 Å². The summed E-state index contributed by atoms with van der Waals surface area (Å²) >= 11 is 0. The summed E-state index contributed by atoms with van der Waals surface area (Å²) < 4.78 is 7.90. The van der Waals surface area contributed by atoms with Crippen LogP contribution in [-0.2, 0) is 24.2 Å². The molecule has 210 valence electrons. The first-order valence-corrected chi connectivity index (χ1v) is 14.2. The molecule has 1 saturated heterocycles. The molecular formula is C32H40N6O2. The molecule has 1 atom stereocenters. The molecule has 8 nitrogen and oxygen atoms in total. The molecule has 1 fully saturated rings. The van der Waals surface area contributed by atoms with Crippen LogP contribution in [0.5, 0.6) is 0 Å². The van der Waals surface area contributed by atoms with Gasteiger partial charge in [0, 0.05) is 55.6 Å². The first-order valence-electron chi connectivity index (χ1n) is 14.2. The Kier molecular flexibility index (Phi) is 8.28. The lowest BCUT2D eigenvalue weighted by molar-refractivity contribution is -0.0229. The molecule has 0 radical (unpaired) electrons. The van der Waals surface area contributed by atoms with Crippen LogP contribution in [0.15, 0.2) is 42.6 Å². The SMILES string of the molecule is CCn1ncc(CN(C)C(=O)c2cc(-c3ccc(CCC4CN(C)CCO4)c(C)n3)nc3ccc(C)cc23)c1C. The van der Waals surface area contributed by atoms with E-state index in [2.05, 4.69) is 37.0 Å². The maximum atomic E-state index is 13.9. The Morgan fingerprint density at radius 1 is 1.07 bits per heavy atom. The Bertz CT molecular complexity index is 1530. The van der Waals surface area contributed by atoms with Crippen LogP contribution in [0.4, 0.5) is 0 Å². The predicted octanol–water partition coefficient (Wildman–Crippen LogP) is 4.97. The number of morpholine rings is 1. The minimum absolute atomic E-state index is 0.0475. The quantitative estimate of drug-likeness (QED) is 0.314. The van der Waals surface area contributed by atoms with Gasteiger partial charge in [-0.25, -0.2) is 4.98 Å². The largest absolute Gasteiger partial charge is 0.376 e. The number of aromatic nitrogens is 4. The number of benzene rings is 1. The highest BCUT2D eigenvalue weighted by Crippen LogP contribution is 2.27. The third-order valence-electron chi connectivity index (χ3n) is 7.99. The summed E-state index contributed by atoms with van der Waals surface area (Å²) in [5, 5.41) is 5.30. The maximum absolute atomic E-state index is 13.9. The van der Waals surface area contributed by atoms with Gasteiger partial charge in [-0.1, -0.05) is 17.7 Å². The second-order valence-corrected chi connectivity index (χ2v) is 11.0. The van der Waals surface area contributed by atoms with Crippen molar-refractivity contribution in [3.63, 3.8) is 0 Å². The van der Waals surface area contributed by atoms with Gasteiger partial charge in [-0.15, -0.1) is 0 Å². The van der Waals surface area contributed by atoms with Crippen LogP contribution in [-0.4, -0.2) is 75.4 Å². The van der Waals surface area contributed by atoms with E-state index in [9.17, 15) is 4.79 Å². The molecule has 4 aromatic rings. The summed E-state index contributed by atoms with van der Waals surface area (Å²) in [6.45, 7) is 12.3. The van der Waals surface area contributed by atoms with Gasteiger partial charge in [0.1, 0.15) is 0 Å². The highest BCUT2D eigenvalue weighted by molar-refractivity contribution is 6.07. The van der Waals surface area contributed by atoms with Gasteiger partial charge in [0.2, 0.25) is 0 Å². The second-order valence-electron chi connectivity index (χ2n) is 11.0. The summed E-state index contributed by atoms with van der Waals surface area (Å²) in [4.78, 5) is 27.8. The van der Waals surface area contributed by atoms with Crippen LogP contribution >= 0.6 is 0 Å². The minimum Gasteiger partial charge on any atom is -0.376 e. The molecule has 0 saturated carbocycles. The van der Waals surface area contributed by atoms with E-state index in [1.54, 1.807) is 4.90 Å². The van der Waals surface area contributed by atoms with Crippen LogP contribution in [0.25, 0.3) is 22.3 Å². The lowest BCUT2D eigenvalue weighted by atomic mass is 10.0. The fraction of sp³-hybridized carbons (Fsp3) is 0.438. The van der Waals surface area contributed by atoms with Gasteiger partial charge in [-0.2, -0.15) is 5.10 Å². The smallest absolute Gasteiger partial charge is 0.254 e. The first kappa shape index (κ1) is 27.9. The van der Waals surface area contributed by atoms with E-state index in [0.717, 1.165) is 78.2 Å². The van der Waals surface area contributed by atoms with Crippen LogP contribution < -0.4 is 0 Å². The zero-order valence-corrected chi connectivity index (χ0v) is 24.6. The van der Waals surface area contributed by atoms with Gasteiger partial charge < -0.3 is 14.5 Å². The Morgan fingerprint density at radius 3 is 2.62 bits per heavy atom. The van der Waals surface area contributed by atoms with Gasteiger partial charge in [0.25, 0.3) is 5.91 Å². The molecule has 0 bridgehead atoms. The van der Waals surface area contributed by atoms with Gasteiger partial charge in [-0.3, -0.25) is 14.5 Å². The molecular weight excluding hydrogens is 500 g/mol. The van der Waals surface area contributed by atoms with Gasteiger partial charge in [0.15, 0.2) is 0 Å². The number of fused-ring (bicyclic) bond motifs is 1. The highest BCUT2D eigenvalue weighted by Gasteiger charge is 2.21. The van der Waals surface area contributed by atoms with Crippen molar-refractivity contribution in [2.45, 2.75) is 59.7 Å². The number of aryl methyl sites for hydroxylation is 4. The monoisotopic (exact) mass is 540 g/mol. The van der Waals surface area contributed by atoms with Crippen LogP contribution in [0.2, 0.25) is 0 Å². The van der Waals surface area contributed by atoms with Crippen LogP contribution in [0, 0.1) is 20.8 Å². The third-order valence-corrected chi connectivity index (χ3v) is 7.99. The molecule has 0 N–H and O–H groups in total. The highest BCUT2D eigenvalue weighted by atomic mass is 16.5. The second kappa shape index (κ2) is 11.9. The van der Waals surface area contributed by atoms with E-state index < -0.39 is 0 Å². The Labute approximate surface area is 237 Å². The normalized spacial score (nSPS) is 16.0. The number of nitrogens with zero attached hydrogens (tertiary/aromatic N) is 6. The fourth-order valence-electron chi connectivity index (χ4n) is 5.49. The van der Waals surface area contributed by atoms with Gasteiger partial charge >= 0.3 is 0 Å². The molecule has 0 aliphatic carbocycles. The Hall–Kier alpha value is -3.62.